The topological polar surface area (TPSA) is 91.2 Å². The number of pyridine rings is 1. The fraction of sp³-hybridized carbons (Fsp3) is 0.333. The second-order valence-electron chi connectivity index (χ2n) is 3.06. The van der Waals surface area contributed by atoms with Gasteiger partial charge in [-0.25, -0.2) is 13.8 Å². The van der Waals surface area contributed by atoms with E-state index < -0.39 is 18.0 Å². The number of nitrogens with two attached hydrogens (primary N) is 2. The summed E-state index contributed by atoms with van der Waals surface area (Å²) in [5.41, 5.74) is 10.2. The highest BCUT2D eigenvalue weighted by Gasteiger charge is 2.20. The molecule has 0 spiro atoms. The highest BCUT2D eigenvalue weighted by molar-refractivity contribution is 5.74. The molecule has 0 atom stereocenters. The number of rotatable bonds is 3. The van der Waals surface area contributed by atoms with E-state index in [-0.39, 0.29) is 23.6 Å². The van der Waals surface area contributed by atoms with Crippen LogP contribution in [0.5, 0.6) is 0 Å². The SMILES string of the molecule is COC(=O)Cc1cc(N)nc(N)c1C(F)F. The Bertz CT molecular complexity index is 410. The van der Waals surface area contributed by atoms with E-state index in [9.17, 15) is 13.6 Å². The van der Waals surface area contributed by atoms with Crippen LogP contribution in [0.3, 0.4) is 0 Å². The lowest BCUT2D eigenvalue weighted by atomic mass is 10.1. The second kappa shape index (κ2) is 4.73. The first kappa shape index (κ1) is 12.2. The van der Waals surface area contributed by atoms with Crippen molar-refractivity contribution in [3.05, 3.63) is 17.2 Å². The van der Waals surface area contributed by atoms with Crippen LogP contribution in [0.15, 0.2) is 6.07 Å². The number of hydrogen-bond donors (Lipinski definition) is 2. The van der Waals surface area contributed by atoms with Gasteiger partial charge in [-0.05, 0) is 11.6 Å². The summed E-state index contributed by atoms with van der Waals surface area (Å²) in [6.45, 7) is 0. The minimum atomic E-state index is -2.81. The molecule has 1 aromatic rings. The summed E-state index contributed by atoms with van der Waals surface area (Å²) in [4.78, 5) is 14.5. The molecule has 0 aromatic carbocycles. The van der Waals surface area contributed by atoms with Crippen LogP contribution in [0.1, 0.15) is 17.6 Å². The molecular formula is C9H11F2N3O2. The third-order valence-corrected chi connectivity index (χ3v) is 1.97. The first-order valence-electron chi connectivity index (χ1n) is 4.35. The van der Waals surface area contributed by atoms with E-state index in [1.165, 1.54) is 6.07 Å². The Morgan fingerprint density at radius 1 is 1.56 bits per heavy atom. The molecule has 16 heavy (non-hydrogen) atoms. The van der Waals surface area contributed by atoms with Crippen LogP contribution in [0.2, 0.25) is 0 Å². The Hall–Kier alpha value is -1.92. The molecular weight excluding hydrogens is 220 g/mol. The molecule has 1 rings (SSSR count). The molecule has 88 valence electrons. The van der Waals surface area contributed by atoms with Crippen LogP contribution in [0.25, 0.3) is 0 Å². The van der Waals surface area contributed by atoms with E-state index >= 15 is 0 Å². The molecule has 0 radical (unpaired) electrons. The number of nitrogen functional groups attached to an aromatic ring is 2. The number of esters is 1. The van der Waals surface area contributed by atoms with Crippen molar-refractivity contribution >= 4 is 17.6 Å². The fourth-order valence-corrected chi connectivity index (χ4v) is 1.28. The van der Waals surface area contributed by atoms with Crippen LogP contribution < -0.4 is 11.5 Å². The molecule has 5 nitrogen and oxygen atoms in total. The van der Waals surface area contributed by atoms with E-state index in [2.05, 4.69) is 9.72 Å². The summed E-state index contributed by atoms with van der Waals surface area (Å²) in [5.74, 6) is -1.03. The Kier molecular flexibility index (Phi) is 3.60. The number of nitrogens with zero attached hydrogens (tertiary/aromatic N) is 1. The van der Waals surface area contributed by atoms with Crippen molar-refractivity contribution in [2.75, 3.05) is 18.6 Å². The molecule has 0 saturated heterocycles. The van der Waals surface area contributed by atoms with Gasteiger partial charge in [0.2, 0.25) is 0 Å². The maximum Gasteiger partial charge on any atom is 0.309 e. The zero-order valence-electron chi connectivity index (χ0n) is 8.54. The molecule has 1 heterocycles. The number of alkyl halides is 2. The summed E-state index contributed by atoms with van der Waals surface area (Å²) in [6.07, 6.45) is -3.12. The van der Waals surface area contributed by atoms with Gasteiger partial charge >= 0.3 is 5.97 Å². The summed E-state index contributed by atoms with van der Waals surface area (Å²) in [6, 6.07) is 1.19. The maximum atomic E-state index is 12.7. The monoisotopic (exact) mass is 231 g/mol. The number of methoxy groups -OCH3 is 1. The average Bonchev–Trinajstić information content (AvgIpc) is 2.15. The zero-order valence-corrected chi connectivity index (χ0v) is 8.54. The number of carbonyl (C=O) groups excluding carboxylic acids is 1. The van der Waals surface area contributed by atoms with Crippen LogP contribution >= 0.6 is 0 Å². The van der Waals surface area contributed by atoms with Gasteiger partial charge in [-0.3, -0.25) is 4.79 Å². The number of aromatic nitrogens is 1. The van der Waals surface area contributed by atoms with Crippen molar-refractivity contribution in [2.45, 2.75) is 12.8 Å². The zero-order chi connectivity index (χ0) is 12.3. The van der Waals surface area contributed by atoms with Crippen molar-refractivity contribution in [3.8, 4) is 0 Å². The molecule has 0 aliphatic carbocycles. The lowest BCUT2D eigenvalue weighted by Crippen LogP contribution is -2.11. The highest BCUT2D eigenvalue weighted by atomic mass is 19.3. The lowest BCUT2D eigenvalue weighted by Gasteiger charge is -2.11. The molecule has 4 N–H and O–H groups in total. The third-order valence-electron chi connectivity index (χ3n) is 1.97. The van der Waals surface area contributed by atoms with Crippen molar-refractivity contribution in [3.63, 3.8) is 0 Å². The normalized spacial score (nSPS) is 10.5. The van der Waals surface area contributed by atoms with Crippen molar-refractivity contribution in [2.24, 2.45) is 0 Å². The first-order valence-corrected chi connectivity index (χ1v) is 4.35. The molecule has 0 saturated carbocycles. The molecule has 0 bridgehead atoms. The molecule has 0 fully saturated rings. The van der Waals surface area contributed by atoms with Crippen LogP contribution in [-0.2, 0) is 16.0 Å². The van der Waals surface area contributed by atoms with Gasteiger partial charge in [0.15, 0.2) is 0 Å². The van der Waals surface area contributed by atoms with Gasteiger partial charge in [0.25, 0.3) is 6.43 Å². The smallest absolute Gasteiger partial charge is 0.309 e. The molecule has 0 aliphatic heterocycles. The van der Waals surface area contributed by atoms with Crippen molar-refractivity contribution in [1.29, 1.82) is 0 Å². The first-order chi connectivity index (χ1) is 7.45. The van der Waals surface area contributed by atoms with Gasteiger partial charge < -0.3 is 16.2 Å². The minimum Gasteiger partial charge on any atom is -0.469 e. The summed E-state index contributed by atoms with van der Waals surface area (Å²) in [5, 5.41) is 0. The predicted octanol–water partition coefficient (Wildman–Crippen LogP) is 0.899. The van der Waals surface area contributed by atoms with E-state index in [0.29, 0.717) is 0 Å². The largest absolute Gasteiger partial charge is 0.469 e. The van der Waals surface area contributed by atoms with E-state index in [1.54, 1.807) is 0 Å². The predicted molar refractivity (Wildman–Crippen MR) is 53.7 cm³/mol. The van der Waals surface area contributed by atoms with E-state index in [0.717, 1.165) is 7.11 Å². The fourth-order valence-electron chi connectivity index (χ4n) is 1.28. The van der Waals surface area contributed by atoms with Crippen molar-refractivity contribution in [1.82, 2.24) is 4.98 Å². The number of hydrogen-bond acceptors (Lipinski definition) is 5. The van der Waals surface area contributed by atoms with Gasteiger partial charge in [-0.2, -0.15) is 0 Å². The molecule has 7 heteroatoms. The van der Waals surface area contributed by atoms with Gasteiger partial charge in [0, 0.05) is 0 Å². The lowest BCUT2D eigenvalue weighted by molar-refractivity contribution is -0.139. The van der Waals surface area contributed by atoms with Gasteiger partial charge in [0.1, 0.15) is 11.6 Å². The Balaban J connectivity index is 3.18. The van der Waals surface area contributed by atoms with E-state index in [1.807, 2.05) is 0 Å². The van der Waals surface area contributed by atoms with Crippen molar-refractivity contribution < 1.29 is 18.3 Å². The van der Waals surface area contributed by atoms with Gasteiger partial charge in [0.05, 0.1) is 19.1 Å². The molecule has 0 amide bonds. The van der Waals surface area contributed by atoms with E-state index in [4.69, 9.17) is 11.5 Å². The summed E-state index contributed by atoms with van der Waals surface area (Å²) in [7, 11) is 1.16. The highest BCUT2D eigenvalue weighted by Crippen LogP contribution is 2.29. The second-order valence-corrected chi connectivity index (χ2v) is 3.06. The van der Waals surface area contributed by atoms with Crippen LogP contribution in [0, 0.1) is 0 Å². The maximum absolute atomic E-state index is 12.7. The Morgan fingerprint density at radius 3 is 2.69 bits per heavy atom. The molecule has 1 aromatic heterocycles. The summed E-state index contributed by atoms with van der Waals surface area (Å²) < 4.78 is 29.7. The van der Waals surface area contributed by atoms with Gasteiger partial charge in [-0.1, -0.05) is 0 Å². The number of anilines is 2. The average molecular weight is 231 g/mol. The molecule has 0 aliphatic rings. The molecule has 0 unspecified atom stereocenters. The van der Waals surface area contributed by atoms with Crippen LogP contribution in [0.4, 0.5) is 20.4 Å². The number of halogens is 2. The Labute approximate surface area is 90.4 Å². The quantitative estimate of drug-likeness (QED) is 0.754. The van der Waals surface area contributed by atoms with Gasteiger partial charge in [-0.15, -0.1) is 0 Å². The Morgan fingerprint density at radius 2 is 2.19 bits per heavy atom. The third kappa shape index (κ3) is 2.56. The van der Waals surface area contributed by atoms with Crippen LogP contribution in [-0.4, -0.2) is 18.1 Å². The minimum absolute atomic E-state index is 0.0131. The number of carbonyl (C=O) groups is 1. The number of ether oxygens (including phenoxy) is 1. The summed E-state index contributed by atoms with van der Waals surface area (Å²) >= 11 is 0. The standard InChI is InChI=1S/C9H11F2N3O2/c1-16-6(15)3-4-2-5(12)14-9(13)7(4)8(10)11/h2,8H,3H2,1H3,(H4,12,13,14).